The molecule has 0 aliphatic carbocycles. The highest BCUT2D eigenvalue weighted by Gasteiger charge is 2.23. The second-order valence-electron chi connectivity index (χ2n) is 4.61. The van der Waals surface area contributed by atoms with E-state index >= 15 is 0 Å². The molecule has 0 heterocycles. The van der Waals surface area contributed by atoms with Gasteiger partial charge in [-0.25, -0.2) is 0 Å². The summed E-state index contributed by atoms with van der Waals surface area (Å²) in [6, 6.07) is 5.48. The summed E-state index contributed by atoms with van der Waals surface area (Å²) < 4.78 is 10.5. The van der Waals surface area contributed by atoms with E-state index in [1.807, 2.05) is 26.0 Å². The Labute approximate surface area is 132 Å². The van der Waals surface area contributed by atoms with E-state index < -0.39 is 5.54 Å². The van der Waals surface area contributed by atoms with Gasteiger partial charge in [-0.2, -0.15) is 0 Å². The third-order valence-electron chi connectivity index (χ3n) is 3.45. The summed E-state index contributed by atoms with van der Waals surface area (Å²) in [5, 5.41) is 6.80. The molecule has 0 unspecified atom stereocenters. The van der Waals surface area contributed by atoms with E-state index in [0.717, 1.165) is 18.5 Å². The number of hydrogen-bond donors (Lipinski definition) is 2. The molecule has 0 aromatic heterocycles. The standard InChI is InChI=1S/C16H22N2O2S/c1-6-16(7-2,8-3)18-15(21)17-12-9-13(19-4)11-14(10-12)20-5/h1,9-11H,7-8H2,2-5H3,(H2,17,18,21). The first-order valence-electron chi connectivity index (χ1n) is 6.82. The van der Waals surface area contributed by atoms with Gasteiger partial charge in [-0.1, -0.05) is 19.8 Å². The molecule has 1 rings (SSSR count). The van der Waals surface area contributed by atoms with Crippen molar-refractivity contribution in [1.29, 1.82) is 0 Å². The Hall–Kier alpha value is -1.93. The van der Waals surface area contributed by atoms with E-state index in [1.165, 1.54) is 0 Å². The lowest BCUT2D eigenvalue weighted by Gasteiger charge is -2.28. The summed E-state index contributed by atoms with van der Waals surface area (Å²) in [4.78, 5) is 0. The number of benzene rings is 1. The van der Waals surface area contributed by atoms with Gasteiger partial charge in [0.15, 0.2) is 5.11 Å². The molecule has 0 atom stereocenters. The Morgan fingerprint density at radius 1 is 1.19 bits per heavy atom. The molecule has 0 aliphatic heterocycles. The van der Waals surface area contributed by atoms with Crippen molar-refractivity contribution in [2.24, 2.45) is 0 Å². The van der Waals surface area contributed by atoms with Crippen LogP contribution in [0.2, 0.25) is 0 Å². The monoisotopic (exact) mass is 306 g/mol. The van der Waals surface area contributed by atoms with E-state index in [0.29, 0.717) is 16.6 Å². The second kappa shape index (κ2) is 7.75. The number of methoxy groups -OCH3 is 2. The number of rotatable bonds is 6. The molecule has 21 heavy (non-hydrogen) atoms. The van der Waals surface area contributed by atoms with Crippen molar-refractivity contribution >= 4 is 23.0 Å². The maximum absolute atomic E-state index is 5.62. The van der Waals surface area contributed by atoms with E-state index in [-0.39, 0.29) is 0 Å². The Kier molecular flexibility index (Phi) is 6.32. The lowest BCUT2D eigenvalue weighted by molar-refractivity contribution is 0.395. The maximum atomic E-state index is 5.62. The van der Waals surface area contributed by atoms with Crippen LogP contribution in [0.25, 0.3) is 0 Å². The SMILES string of the molecule is C#CC(CC)(CC)NC(=S)Nc1cc(OC)cc(OC)c1. The van der Waals surface area contributed by atoms with E-state index in [9.17, 15) is 0 Å². The highest BCUT2D eigenvalue weighted by atomic mass is 32.1. The van der Waals surface area contributed by atoms with Crippen molar-refractivity contribution in [2.75, 3.05) is 19.5 Å². The van der Waals surface area contributed by atoms with Gasteiger partial charge < -0.3 is 20.1 Å². The topological polar surface area (TPSA) is 42.5 Å². The van der Waals surface area contributed by atoms with Crippen molar-refractivity contribution in [1.82, 2.24) is 5.32 Å². The number of terminal acetylenes is 1. The number of ether oxygens (including phenoxy) is 2. The molecule has 0 bridgehead atoms. The number of hydrogen-bond acceptors (Lipinski definition) is 3. The van der Waals surface area contributed by atoms with Crippen molar-refractivity contribution in [2.45, 2.75) is 32.2 Å². The largest absolute Gasteiger partial charge is 0.497 e. The summed E-state index contributed by atoms with van der Waals surface area (Å²) in [6.45, 7) is 4.07. The Bertz CT molecular complexity index is 511. The van der Waals surface area contributed by atoms with E-state index in [1.54, 1.807) is 20.3 Å². The van der Waals surface area contributed by atoms with Gasteiger partial charge in [-0.05, 0) is 25.1 Å². The van der Waals surface area contributed by atoms with Crippen LogP contribution in [0.5, 0.6) is 11.5 Å². The maximum Gasteiger partial charge on any atom is 0.171 e. The lowest BCUT2D eigenvalue weighted by atomic mass is 9.94. The number of thiocarbonyl (C=S) groups is 1. The molecule has 0 saturated heterocycles. The summed E-state index contributed by atoms with van der Waals surface area (Å²) in [5.41, 5.74) is 0.356. The highest BCUT2D eigenvalue weighted by molar-refractivity contribution is 7.80. The van der Waals surface area contributed by atoms with Crippen LogP contribution in [0.15, 0.2) is 18.2 Å². The van der Waals surface area contributed by atoms with Crippen molar-refractivity contribution in [3.63, 3.8) is 0 Å². The molecule has 1 aromatic rings. The van der Waals surface area contributed by atoms with Crippen LogP contribution >= 0.6 is 12.2 Å². The average Bonchev–Trinajstić information content (AvgIpc) is 2.52. The molecule has 4 nitrogen and oxygen atoms in total. The van der Waals surface area contributed by atoms with Crippen molar-refractivity contribution < 1.29 is 9.47 Å². The molecule has 114 valence electrons. The molecule has 2 N–H and O–H groups in total. The molecule has 1 aromatic carbocycles. The lowest BCUT2D eigenvalue weighted by Crippen LogP contribution is -2.48. The molecule has 5 heteroatoms. The fraction of sp³-hybridized carbons (Fsp3) is 0.438. The smallest absolute Gasteiger partial charge is 0.171 e. The zero-order valence-electron chi connectivity index (χ0n) is 12.9. The minimum Gasteiger partial charge on any atom is -0.497 e. The van der Waals surface area contributed by atoms with Gasteiger partial charge in [0.2, 0.25) is 0 Å². The fourth-order valence-corrected chi connectivity index (χ4v) is 2.24. The van der Waals surface area contributed by atoms with Gasteiger partial charge in [0, 0.05) is 23.9 Å². The summed E-state index contributed by atoms with van der Waals surface area (Å²) in [5.74, 6) is 4.17. The highest BCUT2D eigenvalue weighted by Crippen LogP contribution is 2.26. The van der Waals surface area contributed by atoms with E-state index in [2.05, 4.69) is 16.6 Å². The first-order chi connectivity index (χ1) is 10.0. The van der Waals surface area contributed by atoms with Gasteiger partial charge in [0.25, 0.3) is 0 Å². The van der Waals surface area contributed by atoms with Gasteiger partial charge >= 0.3 is 0 Å². The van der Waals surface area contributed by atoms with Crippen LogP contribution in [0.3, 0.4) is 0 Å². The molecular formula is C16H22N2O2S. The van der Waals surface area contributed by atoms with Crippen LogP contribution < -0.4 is 20.1 Å². The van der Waals surface area contributed by atoms with Gasteiger partial charge in [-0.15, -0.1) is 6.42 Å². The zero-order chi connectivity index (χ0) is 15.9. The summed E-state index contributed by atoms with van der Waals surface area (Å²) >= 11 is 5.34. The zero-order valence-corrected chi connectivity index (χ0v) is 13.8. The minimum atomic E-state index is -0.424. The van der Waals surface area contributed by atoms with Crippen LogP contribution in [0.4, 0.5) is 5.69 Å². The number of anilines is 1. The number of nitrogens with one attached hydrogen (secondary N) is 2. The molecule has 0 spiro atoms. The van der Waals surface area contributed by atoms with Crippen LogP contribution in [-0.4, -0.2) is 24.9 Å². The Balaban J connectivity index is 2.86. The Morgan fingerprint density at radius 3 is 2.10 bits per heavy atom. The molecular weight excluding hydrogens is 284 g/mol. The van der Waals surface area contributed by atoms with Crippen molar-refractivity contribution in [3.8, 4) is 23.8 Å². The molecule has 0 aliphatic rings. The molecule has 0 amide bonds. The van der Waals surface area contributed by atoms with Crippen molar-refractivity contribution in [3.05, 3.63) is 18.2 Å². The minimum absolute atomic E-state index is 0.424. The van der Waals surface area contributed by atoms with Crippen LogP contribution in [0, 0.1) is 12.3 Å². The summed E-state index contributed by atoms with van der Waals surface area (Å²) in [6.07, 6.45) is 7.21. The summed E-state index contributed by atoms with van der Waals surface area (Å²) in [7, 11) is 3.21. The fourth-order valence-electron chi connectivity index (χ4n) is 1.93. The first-order valence-corrected chi connectivity index (χ1v) is 7.23. The third kappa shape index (κ3) is 4.54. The second-order valence-corrected chi connectivity index (χ2v) is 5.02. The Morgan fingerprint density at radius 2 is 1.71 bits per heavy atom. The quantitative estimate of drug-likeness (QED) is 0.624. The molecule has 0 radical (unpaired) electrons. The van der Waals surface area contributed by atoms with Gasteiger partial charge in [0.05, 0.1) is 19.8 Å². The average molecular weight is 306 g/mol. The molecule has 0 saturated carbocycles. The molecule has 0 fully saturated rings. The predicted octanol–water partition coefficient (Wildman–Crippen LogP) is 3.18. The first kappa shape index (κ1) is 17.1. The van der Waals surface area contributed by atoms with Crippen LogP contribution in [0.1, 0.15) is 26.7 Å². The third-order valence-corrected chi connectivity index (χ3v) is 3.65. The van der Waals surface area contributed by atoms with Gasteiger partial charge in [0.1, 0.15) is 11.5 Å². The van der Waals surface area contributed by atoms with Gasteiger partial charge in [-0.3, -0.25) is 0 Å². The van der Waals surface area contributed by atoms with Crippen LogP contribution in [-0.2, 0) is 0 Å². The predicted molar refractivity (Wildman–Crippen MR) is 91.0 cm³/mol. The van der Waals surface area contributed by atoms with E-state index in [4.69, 9.17) is 28.1 Å². The normalized spacial score (nSPS) is 10.4.